The molecule has 134 valence electrons. The van der Waals surface area contributed by atoms with Gasteiger partial charge in [0.2, 0.25) is 0 Å². The maximum Gasteiger partial charge on any atom is 0.490 e. The number of aromatic amines is 1. The van der Waals surface area contributed by atoms with E-state index in [9.17, 15) is 13.2 Å². The maximum absolute atomic E-state index is 10.6. The lowest BCUT2D eigenvalue weighted by atomic mass is 10.2. The van der Waals surface area contributed by atoms with Gasteiger partial charge in [0, 0.05) is 5.92 Å². The molecule has 2 heterocycles. The Hall–Kier alpha value is -2.84. The number of halogens is 3. The standard InChI is InChI=1S/C14H16N4.C2HF3O2/c1-9(2)13-15-12-10(3)17-18(14(12)16-13)11-7-5-4-6-8-11;3-2(4,5)1(6)7/h4-9H,1-3H3,(H,15,16);(H,6,7). The van der Waals surface area contributed by atoms with Crippen LogP contribution in [0, 0.1) is 6.92 Å². The van der Waals surface area contributed by atoms with Crippen molar-refractivity contribution in [1.29, 1.82) is 0 Å². The van der Waals surface area contributed by atoms with E-state index in [1.807, 2.05) is 41.9 Å². The summed E-state index contributed by atoms with van der Waals surface area (Å²) in [6.45, 7) is 6.27. The molecule has 0 aliphatic heterocycles. The summed E-state index contributed by atoms with van der Waals surface area (Å²) >= 11 is 0. The van der Waals surface area contributed by atoms with E-state index in [4.69, 9.17) is 9.90 Å². The number of hydrogen-bond donors (Lipinski definition) is 2. The second-order valence-electron chi connectivity index (χ2n) is 5.61. The fraction of sp³-hybridized carbons (Fsp3) is 0.312. The summed E-state index contributed by atoms with van der Waals surface area (Å²) in [5, 5.41) is 11.7. The van der Waals surface area contributed by atoms with Gasteiger partial charge in [0.25, 0.3) is 0 Å². The van der Waals surface area contributed by atoms with Gasteiger partial charge in [-0.2, -0.15) is 18.3 Å². The predicted octanol–water partition coefficient (Wildman–Crippen LogP) is 3.81. The molecule has 0 radical (unpaired) electrons. The zero-order valence-corrected chi connectivity index (χ0v) is 13.8. The van der Waals surface area contributed by atoms with Gasteiger partial charge in [0.1, 0.15) is 11.3 Å². The molecular weight excluding hydrogens is 337 g/mol. The first kappa shape index (κ1) is 18.5. The van der Waals surface area contributed by atoms with Crippen molar-refractivity contribution in [2.24, 2.45) is 0 Å². The number of aryl methyl sites for hydroxylation is 1. The van der Waals surface area contributed by atoms with Crippen molar-refractivity contribution in [3.05, 3.63) is 41.9 Å². The van der Waals surface area contributed by atoms with Gasteiger partial charge in [-0.3, -0.25) is 0 Å². The minimum atomic E-state index is -5.08. The summed E-state index contributed by atoms with van der Waals surface area (Å²) in [5.41, 5.74) is 3.95. The summed E-state index contributed by atoms with van der Waals surface area (Å²) in [4.78, 5) is 16.9. The van der Waals surface area contributed by atoms with Gasteiger partial charge in [0.05, 0.1) is 11.4 Å². The molecule has 25 heavy (non-hydrogen) atoms. The van der Waals surface area contributed by atoms with Crippen LogP contribution in [-0.4, -0.2) is 37.0 Å². The third-order valence-corrected chi connectivity index (χ3v) is 3.31. The smallest absolute Gasteiger partial charge is 0.475 e. The number of nitrogens with one attached hydrogen (secondary N) is 1. The Morgan fingerprint density at radius 1 is 1.24 bits per heavy atom. The highest BCUT2D eigenvalue weighted by atomic mass is 19.4. The highest BCUT2D eigenvalue weighted by Gasteiger charge is 2.38. The molecule has 0 amide bonds. The summed E-state index contributed by atoms with van der Waals surface area (Å²) in [6, 6.07) is 10.1. The molecule has 2 aromatic heterocycles. The molecule has 3 rings (SSSR count). The number of para-hydroxylation sites is 1. The lowest BCUT2D eigenvalue weighted by molar-refractivity contribution is -0.192. The first-order valence-corrected chi connectivity index (χ1v) is 7.42. The van der Waals surface area contributed by atoms with Gasteiger partial charge in [-0.1, -0.05) is 32.0 Å². The highest BCUT2D eigenvalue weighted by molar-refractivity contribution is 5.76. The van der Waals surface area contributed by atoms with Crippen molar-refractivity contribution in [1.82, 2.24) is 19.7 Å². The van der Waals surface area contributed by atoms with Crippen molar-refractivity contribution >= 4 is 17.1 Å². The Bertz CT molecular complexity index is 867. The number of carboxylic acid groups (broad SMARTS) is 1. The lowest BCUT2D eigenvalue weighted by Crippen LogP contribution is -2.21. The van der Waals surface area contributed by atoms with Crippen LogP contribution in [0.4, 0.5) is 13.2 Å². The van der Waals surface area contributed by atoms with Gasteiger partial charge in [-0.15, -0.1) is 0 Å². The van der Waals surface area contributed by atoms with Gasteiger partial charge in [0.15, 0.2) is 5.65 Å². The van der Waals surface area contributed by atoms with Gasteiger partial charge in [-0.05, 0) is 19.1 Å². The third kappa shape index (κ3) is 4.17. The van der Waals surface area contributed by atoms with E-state index in [0.717, 1.165) is 28.4 Å². The number of benzene rings is 1. The Morgan fingerprint density at radius 3 is 2.28 bits per heavy atom. The predicted molar refractivity (Wildman–Crippen MR) is 85.7 cm³/mol. The van der Waals surface area contributed by atoms with Crippen LogP contribution in [0.25, 0.3) is 16.9 Å². The molecule has 0 atom stereocenters. The number of carbonyl (C=O) groups is 1. The normalized spacial score (nSPS) is 11.5. The summed E-state index contributed by atoms with van der Waals surface area (Å²) in [6.07, 6.45) is -5.08. The molecule has 6 nitrogen and oxygen atoms in total. The molecule has 0 aliphatic rings. The molecule has 0 aliphatic carbocycles. The Balaban J connectivity index is 0.000000277. The number of alkyl halides is 3. The number of carboxylic acids is 1. The second kappa shape index (κ2) is 6.96. The largest absolute Gasteiger partial charge is 0.490 e. The number of fused-ring (bicyclic) bond motifs is 1. The molecular formula is C16H17F3N4O2. The molecule has 0 unspecified atom stereocenters. The molecule has 9 heteroatoms. The second-order valence-corrected chi connectivity index (χ2v) is 5.61. The fourth-order valence-electron chi connectivity index (χ4n) is 2.06. The molecule has 0 saturated carbocycles. The zero-order valence-electron chi connectivity index (χ0n) is 13.8. The number of aromatic nitrogens is 4. The zero-order chi connectivity index (χ0) is 18.8. The summed E-state index contributed by atoms with van der Waals surface area (Å²) < 4.78 is 33.6. The maximum atomic E-state index is 10.6. The number of H-pyrrole nitrogens is 1. The molecule has 3 aromatic rings. The SMILES string of the molecule is Cc1nn(-c2ccccc2)c2nc(C(C)C)[nH]c12.O=C(O)C(F)(F)F. The van der Waals surface area contributed by atoms with Gasteiger partial charge >= 0.3 is 12.1 Å². The monoisotopic (exact) mass is 354 g/mol. The van der Waals surface area contributed by atoms with Crippen molar-refractivity contribution in [3.63, 3.8) is 0 Å². The average molecular weight is 354 g/mol. The van der Waals surface area contributed by atoms with E-state index in [-0.39, 0.29) is 0 Å². The van der Waals surface area contributed by atoms with Crippen LogP contribution in [-0.2, 0) is 4.79 Å². The van der Waals surface area contributed by atoms with E-state index in [1.54, 1.807) is 0 Å². The van der Waals surface area contributed by atoms with E-state index < -0.39 is 12.1 Å². The minimum absolute atomic E-state index is 0.390. The quantitative estimate of drug-likeness (QED) is 0.733. The third-order valence-electron chi connectivity index (χ3n) is 3.31. The Morgan fingerprint density at radius 2 is 1.80 bits per heavy atom. The van der Waals surface area contributed by atoms with Crippen LogP contribution >= 0.6 is 0 Å². The van der Waals surface area contributed by atoms with Crippen LogP contribution < -0.4 is 0 Å². The highest BCUT2D eigenvalue weighted by Crippen LogP contribution is 2.22. The van der Waals surface area contributed by atoms with Crippen molar-refractivity contribution in [3.8, 4) is 5.69 Å². The Kier molecular flexibility index (Phi) is 5.15. The average Bonchev–Trinajstić information content (AvgIpc) is 3.09. The van der Waals surface area contributed by atoms with Crippen molar-refractivity contribution in [2.75, 3.05) is 0 Å². The molecule has 0 saturated heterocycles. The summed E-state index contributed by atoms with van der Waals surface area (Å²) in [5.74, 6) is -1.36. The number of aliphatic carboxylic acids is 1. The van der Waals surface area contributed by atoms with E-state index in [1.165, 1.54) is 0 Å². The molecule has 0 bridgehead atoms. The number of imidazole rings is 1. The van der Waals surface area contributed by atoms with Crippen molar-refractivity contribution < 1.29 is 23.1 Å². The minimum Gasteiger partial charge on any atom is -0.475 e. The van der Waals surface area contributed by atoms with Crippen LogP contribution in [0.3, 0.4) is 0 Å². The number of nitrogens with zero attached hydrogens (tertiary/aromatic N) is 3. The first-order valence-electron chi connectivity index (χ1n) is 7.42. The lowest BCUT2D eigenvalue weighted by Gasteiger charge is -2.01. The molecule has 0 spiro atoms. The number of rotatable bonds is 2. The van der Waals surface area contributed by atoms with E-state index in [0.29, 0.717) is 5.92 Å². The van der Waals surface area contributed by atoms with Gasteiger partial charge < -0.3 is 10.1 Å². The van der Waals surface area contributed by atoms with Crippen LogP contribution in [0.15, 0.2) is 30.3 Å². The van der Waals surface area contributed by atoms with Crippen molar-refractivity contribution in [2.45, 2.75) is 32.9 Å². The molecule has 0 fully saturated rings. The first-order chi connectivity index (χ1) is 11.6. The Labute approximate surface area is 141 Å². The van der Waals surface area contributed by atoms with Crippen LogP contribution in [0.1, 0.15) is 31.3 Å². The number of hydrogen-bond acceptors (Lipinski definition) is 3. The summed E-state index contributed by atoms with van der Waals surface area (Å²) in [7, 11) is 0. The molecule has 1 aromatic carbocycles. The van der Waals surface area contributed by atoms with E-state index >= 15 is 0 Å². The molecule has 2 N–H and O–H groups in total. The van der Waals surface area contributed by atoms with E-state index in [2.05, 4.69) is 28.9 Å². The van der Waals surface area contributed by atoms with Crippen LogP contribution in [0.5, 0.6) is 0 Å². The topological polar surface area (TPSA) is 83.8 Å². The van der Waals surface area contributed by atoms with Crippen LogP contribution in [0.2, 0.25) is 0 Å². The fourth-order valence-corrected chi connectivity index (χ4v) is 2.06. The van der Waals surface area contributed by atoms with Gasteiger partial charge in [-0.25, -0.2) is 14.5 Å².